The Bertz CT molecular complexity index is 521. The van der Waals surface area contributed by atoms with Gasteiger partial charge in [0.1, 0.15) is 12.6 Å². The van der Waals surface area contributed by atoms with E-state index < -0.39 is 37.0 Å². The number of methoxy groups -OCH3 is 1. The molecule has 1 fully saturated rings. The summed E-state index contributed by atoms with van der Waals surface area (Å²) in [5.74, 6) is -3.99. The van der Waals surface area contributed by atoms with E-state index in [0.29, 0.717) is 0 Å². The molecule has 1 saturated heterocycles. The number of ether oxygens (including phenoxy) is 2. The van der Waals surface area contributed by atoms with Gasteiger partial charge in [0, 0.05) is 6.42 Å². The van der Waals surface area contributed by atoms with Crippen molar-refractivity contribution < 1.29 is 27.8 Å². The quantitative estimate of drug-likeness (QED) is 0.803. The van der Waals surface area contributed by atoms with Crippen LogP contribution in [0.1, 0.15) is 12.0 Å². The molecule has 0 spiro atoms. The van der Waals surface area contributed by atoms with Gasteiger partial charge in [-0.15, -0.1) is 0 Å². The molecule has 1 atom stereocenters. The Hall–Kier alpha value is -2.18. The number of alkyl halides is 2. The van der Waals surface area contributed by atoms with Crippen molar-refractivity contribution in [1.82, 2.24) is 4.90 Å². The predicted molar refractivity (Wildman–Crippen MR) is 68.7 cm³/mol. The summed E-state index contributed by atoms with van der Waals surface area (Å²) in [4.78, 5) is 24.1. The van der Waals surface area contributed by atoms with Gasteiger partial charge in [0.05, 0.1) is 13.7 Å². The van der Waals surface area contributed by atoms with Crippen LogP contribution in [0, 0.1) is 0 Å². The maximum atomic E-state index is 13.4. The van der Waals surface area contributed by atoms with E-state index >= 15 is 0 Å². The number of amides is 1. The lowest BCUT2D eigenvalue weighted by Gasteiger charge is -2.21. The van der Waals surface area contributed by atoms with Crippen LogP contribution in [0.4, 0.5) is 13.6 Å². The number of likely N-dealkylation sites (tertiary alicyclic amines) is 1. The average Bonchev–Trinajstić information content (AvgIpc) is 2.81. The molecule has 1 amide bonds. The Morgan fingerprint density at radius 2 is 2.00 bits per heavy atom. The van der Waals surface area contributed by atoms with Gasteiger partial charge in [-0.1, -0.05) is 30.3 Å². The average molecular weight is 299 g/mol. The number of hydrogen-bond acceptors (Lipinski definition) is 4. The van der Waals surface area contributed by atoms with Crippen LogP contribution < -0.4 is 0 Å². The smallest absolute Gasteiger partial charge is 0.411 e. The highest BCUT2D eigenvalue weighted by Crippen LogP contribution is 2.33. The van der Waals surface area contributed by atoms with Crippen LogP contribution in [-0.4, -0.2) is 42.6 Å². The molecule has 1 aromatic carbocycles. The zero-order valence-electron chi connectivity index (χ0n) is 11.4. The van der Waals surface area contributed by atoms with Crippen molar-refractivity contribution in [3.8, 4) is 0 Å². The first-order valence-corrected chi connectivity index (χ1v) is 6.36. The molecule has 1 heterocycles. The summed E-state index contributed by atoms with van der Waals surface area (Å²) >= 11 is 0. The second kappa shape index (κ2) is 6.07. The van der Waals surface area contributed by atoms with Crippen molar-refractivity contribution in [2.45, 2.75) is 25.0 Å². The first-order valence-electron chi connectivity index (χ1n) is 6.36. The van der Waals surface area contributed by atoms with Crippen LogP contribution in [-0.2, 0) is 20.9 Å². The van der Waals surface area contributed by atoms with Gasteiger partial charge < -0.3 is 9.47 Å². The third-order valence-corrected chi connectivity index (χ3v) is 3.18. The first-order chi connectivity index (χ1) is 9.93. The Labute approximate surface area is 120 Å². The number of esters is 1. The third kappa shape index (κ3) is 3.68. The summed E-state index contributed by atoms with van der Waals surface area (Å²) in [6.07, 6.45) is -1.70. The fourth-order valence-corrected chi connectivity index (χ4v) is 2.16. The molecule has 0 bridgehead atoms. The minimum Gasteiger partial charge on any atom is -0.467 e. The Kier molecular flexibility index (Phi) is 4.40. The molecule has 1 aliphatic rings. The van der Waals surface area contributed by atoms with Gasteiger partial charge in [0.15, 0.2) is 0 Å². The molecule has 114 valence electrons. The molecule has 2 rings (SSSR count). The highest BCUT2D eigenvalue weighted by Gasteiger charge is 2.51. The molecular weight excluding hydrogens is 284 g/mol. The molecule has 0 radical (unpaired) electrons. The van der Waals surface area contributed by atoms with Crippen molar-refractivity contribution in [3.05, 3.63) is 35.9 Å². The van der Waals surface area contributed by atoms with E-state index in [1.807, 2.05) is 0 Å². The van der Waals surface area contributed by atoms with E-state index in [-0.39, 0.29) is 6.61 Å². The molecular formula is C14H15F2NO4. The van der Waals surface area contributed by atoms with Gasteiger partial charge in [-0.2, -0.15) is 0 Å². The summed E-state index contributed by atoms with van der Waals surface area (Å²) in [5, 5.41) is 0. The molecule has 0 aliphatic carbocycles. The molecule has 5 nitrogen and oxygen atoms in total. The fraction of sp³-hybridized carbons (Fsp3) is 0.429. The maximum Gasteiger partial charge on any atom is 0.411 e. The lowest BCUT2D eigenvalue weighted by molar-refractivity contribution is -0.145. The zero-order valence-corrected chi connectivity index (χ0v) is 11.4. The van der Waals surface area contributed by atoms with Gasteiger partial charge in [-0.05, 0) is 5.56 Å². The van der Waals surface area contributed by atoms with Crippen molar-refractivity contribution >= 4 is 12.1 Å². The van der Waals surface area contributed by atoms with Crippen LogP contribution in [0.2, 0.25) is 0 Å². The largest absolute Gasteiger partial charge is 0.467 e. The monoisotopic (exact) mass is 299 g/mol. The minimum atomic E-state index is -3.12. The van der Waals surface area contributed by atoms with Crippen LogP contribution in [0.5, 0.6) is 0 Å². The number of rotatable bonds is 3. The van der Waals surface area contributed by atoms with Crippen molar-refractivity contribution in [2.75, 3.05) is 13.7 Å². The van der Waals surface area contributed by atoms with E-state index in [4.69, 9.17) is 4.74 Å². The fourth-order valence-electron chi connectivity index (χ4n) is 2.16. The molecule has 1 aliphatic heterocycles. The van der Waals surface area contributed by atoms with Gasteiger partial charge in [0.25, 0.3) is 5.92 Å². The molecule has 0 N–H and O–H groups in total. The molecule has 21 heavy (non-hydrogen) atoms. The van der Waals surface area contributed by atoms with Gasteiger partial charge >= 0.3 is 12.1 Å². The summed E-state index contributed by atoms with van der Waals surface area (Å²) in [7, 11) is 1.09. The minimum absolute atomic E-state index is 0.0460. The van der Waals surface area contributed by atoms with Gasteiger partial charge in [-0.3, -0.25) is 4.90 Å². The Balaban J connectivity index is 2.01. The number of carbonyl (C=O) groups excluding carboxylic acids is 2. The Morgan fingerprint density at radius 3 is 2.62 bits per heavy atom. The van der Waals surface area contributed by atoms with Crippen LogP contribution in [0.25, 0.3) is 0 Å². The summed E-state index contributed by atoms with van der Waals surface area (Å²) < 4.78 is 36.2. The highest BCUT2D eigenvalue weighted by molar-refractivity contribution is 5.82. The number of carbonyl (C=O) groups is 2. The second-order valence-corrected chi connectivity index (χ2v) is 4.77. The van der Waals surface area contributed by atoms with Crippen LogP contribution in [0.3, 0.4) is 0 Å². The number of halogens is 2. The zero-order chi connectivity index (χ0) is 15.5. The van der Waals surface area contributed by atoms with Crippen molar-refractivity contribution in [2.24, 2.45) is 0 Å². The lowest BCUT2D eigenvalue weighted by Crippen LogP contribution is -2.41. The van der Waals surface area contributed by atoms with E-state index in [9.17, 15) is 18.4 Å². The van der Waals surface area contributed by atoms with Crippen LogP contribution >= 0.6 is 0 Å². The number of nitrogens with zero attached hydrogens (tertiary/aromatic N) is 1. The first kappa shape index (κ1) is 15.2. The molecule has 0 aromatic heterocycles. The summed E-state index contributed by atoms with van der Waals surface area (Å²) in [6, 6.07) is 7.51. The predicted octanol–water partition coefficient (Wildman–Crippen LogP) is 2.21. The van der Waals surface area contributed by atoms with E-state index in [1.165, 1.54) is 0 Å². The molecule has 1 unspecified atom stereocenters. The maximum absolute atomic E-state index is 13.4. The van der Waals surface area contributed by atoms with Crippen molar-refractivity contribution in [1.29, 1.82) is 0 Å². The number of hydrogen-bond donors (Lipinski definition) is 0. The molecule has 7 heteroatoms. The number of benzene rings is 1. The lowest BCUT2D eigenvalue weighted by atomic mass is 10.2. The topological polar surface area (TPSA) is 55.8 Å². The summed E-state index contributed by atoms with van der Waals surface area (Å²) in [6.45, 7) is -0.893. The summed E-state index contributed by atoms with van der Waals surface area (Å²) in [5.41, 5.74) is 0.728. The second-order valence-electron chi connectivity index (χ2n) is 4.77. The van der Waals surface area contributed by atoms with E-state index in [0.717, 1.165) is 17.6 Å². The van der Waals surface area contributed by atoms with Gasteiger partial charge in [0.2, 0.25) is 0 Å². The standard InChI is InChI=1S/C14H15F2NO4/c1-20-12(18)11-7-14(15,16)9-17(11)13(19)21-8-10-5-3-2-4-6-10/h2-6,11H,7-9H2,1H3. The van der Waals surface area contributed by atoms with Crippen LogP contribution in [0.15, 0.2) is 30.3 Å². The SMILES string of the molecule is COC(=O)C1CC(F)(F)CN1C(=O)OCc1ccccc1. The Morgan fingerprint density at radius 1 is 1.33 bits per heavy atom. The molecule has 1 aromatic rings. The third-order valence-electron chi connectivity index (χ3n) is 3.18. The molecule has 0 saturated carbocycles. The normalized spacial score (nSPS) is 20.1. The van der Waals surface area contributed by atoms with E-state index in [1.54, 1.807) is 30.3 Å². The van der Waals surface area contributed by atoms with Gasteiger partial charge in [-0.25, -0.2) is 18.4 Å². The van der Waals surface area contributed by atoms with Crippen molar-refractivity contribution in [3.63, 3.8) is 0 Å². The van der Waals surface area contributed by atoms with E-state index in [2.05, 4.69) is 4.74 Å². The highest BCUT2D eigenvalue weighted by atomic mass is 19.3.